The van der Waals surface area contributed by atoms with Crippen LogP contribution in [0.1, 0.15) is 39.5 Å². The standard InChI is InChI=1S/C12H20N2O3/c1-3-6-13-10(15)5-4-7-14-11(16)8-9(2)12(14)17/h9H,3-8H2,1-2H3,(H,13,15). The smallest absolute Gasteiger partial charge is 0.232 e. The lowest BCUT2D eigenvalue weighted by Gasteiger charge is -2.13. The lowest BCUT2D eigenvalue weighted by molar-refractivity contribution is -0.139. The minimum absolute atomic E-state index is 0.0148. The van der Waals surface area contributed by atoms with Crippen molar-refractivity contribution in [2.45, 2.75) is 39.5 Å². The zero-order valence-corrected chi connectivity index (χ0v) is 10.5. The van der Waals surface area contributed by atoms with Crippen LogP contribution in [-0.4, -0.2) is 35.7 Å². The molecule has 17 heavy (non-hydrogen) atoms. The van der Waals surface area contributed by atoms with E-state index < -0.39 is 0 Å². The first-order chi connectivity index (χ1) is 8.06. The number of hydrogen-bond acceptors (Lipinski definition) is 3. The summed E-state index contributed by atoms with van der Waals surface area (Å²) in [5.41, 5.74) is 0. The van der Waals surface area contributed by atoms with Crippen LogP contribution >= 0.6 is 0 Å². The number of imide groups is 1. The average Bonchev–Trinajstić information content (AvgIpc) is 2.53. The van der Waals surface area contributed by atoms with Crippen LogP contribution < -0.4 is 5.32 Å². The molecule has 5 heteroatoms. The molecule has 1 rings (SSSR count). The van der Waals surface area contributed by atoms with Gasteiger partial charge in [0.05, 0.1) is 0 Å². The van der Waals surface area contributed by atoms with E-state index in [0.717, 1.165) is 6.42 Å². The fourth-order valence-corrected chi connectivity index (χ4v) is 1.83. The monoisotopic (exact) mass is 240 g/mol. The lowest BCUT2D eigenvalue weighted by Crippen LogP contribution is -2.32. The molecule has 1 atom stereocenters. The molecule has 0 aliphatic carbocycles. The first-order valence-electron chi connectivity index (χ1n) is 6.17. The van der Waals surface area contributed by atoms with Gasteiger partial charge in [-0.1, -0.05) is 13.8 Å². The fraction of sp³-hybridized carbons (Fsp3) is 0.750. The quantitative estimate of drug-likeness (QED) is 0.694. The fourth-order valence-electron chi connectivity index (χ4n) is 1.83. The van der Waals surface area contributed by atoms with Crippen molar-refractivity contribution in [3.05, 3.63) is 0 Å². The Morgan fingerprint density at radius 3 is 2.71 bits per heavy atom. The minimum atomic E-state index is -0.198. The molecular formula is C12H20N2O3. The Hall–Kier alpha value is -1.39. The highest BCUT2D eigenvalue weighted by Gasteiger charge is 2.34. The predicted molar refractivity (Wildman–Crippen MR) is 63.0 cm³/mol. The van der Waals surface area contributed by atoms with Crippen LogP contribution in [-0.2, 0) is 14.4 Å². The van der Waals surface area contributed by atoms with E-state index >= 15 is 0 Å². The first-order valence-corrected chi connectivity index (χ1v) is 6.17. The van der Waals surface area contributed by atoms with Gasteiger partial charge in [-0.3, -0.25) is 19.3 Å². The maximum Gasteiger partial charge on any atom is 0.232 e. The second-order valence-electron chi connectivity index (χ2n) is 4.44. The van der Waals surface area contributed by atoms with E-state index in [1.165, 1.54) is 4.90 Å². The molecule has 1 aliphatic rings. The molecule has 1 N–H and O–H groups in total. The second kappa shape index (κ2) is 6.37. The Morgan fingerprint density at radius 2 is 2.18 bits per heavy atom. The van der Waals surface area contributed by atoms with Gasteiger partial charge in [0.1, 0.15) is 0 Å². The second-order valence-corrected chi connectivity index (χ2v) is 4.44. The molecule has 0 spiro atoms. The molecule has 1 unspecified atom stereocenters. The van der Waals surface area contributed by atoms with E-state index in [4.69, 9.17) is 0 Å². The Morgan fingerprint density at radius 1 is 1.47 bits per heavy atom. The molecule has 1 saturated heterocycles. The minimum Gasteiger partial charge on any atom is -0.356 e. The molecule has 0 aromatic carbocycles. The van der Waals surface area contributed by atoms with Gasteiger partial charge in [0, 0.05) is 31.8 Å². The summed E-state index contributed by atoms with van der Waals surface area (Å²) < 4.78 is 0. The number of carbonyl (C=O) groups excluding carboxylic acids is 3. The van der Waals surface area contributed by atoms with Crippen molar-refractivity contribution < 1.29 is 14.4 Å². The topological polar surface area (TPSA) is 66.5 Å². The summed E-state index contributed by atoms with van der Waals surface area (Å²) in [6, 6.07) is 0. The van der Waals surface area contributed by atoms with Crippen LogP contribution in [0.15, 0.2) is 0 Å². The van der Waals surface area contributed by atoms with Crippen LogP contribution in [0.25, 0.3) is 0 Å². The molecule has 1 aliphatic heterocycles. The Balaban J connectivity index is 2.25. The highest BCUT2D eigenvalue weighted by atomic mass is 16.2. The molecule has 0 aromatic heterocycles. The Labute approximate surface area is 102 Å². The summed E-state index contributed by atoms with van der Waals surface area (Å²) in [4.78, 5) is 35.6. The van der Waals surface area contributed by atoms with Crippen LogP contribution in [0.3, 0.4) is 0 Å². The van der Waals surface area contributed by atoms with Gasteiger partial charge in [0.2, 0.25) is 17.7 Å². The number of likely N-dealkylation sites (tertiary alicyclic amines) is 1. The first kappa shape index (κ1) is 13.7. The zero-order valence-electron chi connectivity index (χ0n) is 10.5. The van der Waals surface area contributed by atoms with E-state index in [1.54, 1.807) is 6.92 Å². The summed E-state index contributed by atoms with van der Waals surface area (Å²) in [6.07, 6.45) is 2.12. The Kier molecular flexibility index (Phi) is 5.12. The number of rotatable bonds is 6. The number of nitrogens with one attached hydrogen (secondary N) is 1. The van der Waals surface area contributed by atoms with E-state index in [9.17, 15) is 14.4 Å². The van der Waals surface area contributed by atoms with E-state index in [1.807, 2.05) is 6.92 Å². The van der Waals surface area contributed by atoms with E-state index in [-0.39, 0.29) is 23.6 Å². The molecule has 0 radical (unpaired) electrons. The van der Waals surface area contributed by atoms with E-state index in [0.29, 0.717) is 32.4 Å². The van der Waals surface area contributed by atoms with Crippen LogP contribution in [0.5, 0.6) is 0 Å². The van der Waals surface area contributed by atoms with Gasteiger partial charge in [-0.15, -0.1) is 0 Å². The largest absolute Gasteiger partial charge is 0.356 e. The molecular weight excluding hydrogens is 220 g/mol. The number of carbonyl (C=O) groups is 3. The highest BCUT2D eigenvalue weighted by Crippen LogP contribution is 2.18. The van der Waals surface area contributed by atoms with Gasteiger partial charge < -0.3 is 5.32 Å². The van der Waals surface area contributed by atoms with Crippen molar-refractivity contribution in [3.8, 4) is 0 Å². The van der Waals surface area contributed by atoms with Crippen molar-refractivity contribution >= 4 is 17.7 Å². The normalized spacial score (nSPS) is 19.9. The lowest BCUT2D eigenvalue weighted by atomic mass is 10.1. The van der Waals surface area contributed by atoms with Crippen molar-refractivity contribution in [2.75, 3.05) is 13.1 Å². The molecule has 0 bridgehead atoms. The van der Waals surface area contributed by atoms with Crippen molar-refractivity contribution in [3.63, 3.8) is 0 Å². The maximum absolute atomic E-state index is 11.6. The van der Waals surface area contributed by atoms with Gasteiger partial charge in [0.15, 0.2) is 0 Å². The molecule has 3 amide bonds. The zero-order chi connectivity index (χ0) is 12.8. The number of hydrogen-bond donors (Lipinski definition) is 1. The van der Waals surface area contributed by atoms with Gasteiger partial charge in [-0.2, -0.15) is 0 Å². The van der Waals surface area contributed by atoms with Crippen molar-refractivity contribution in [2.24, 2.45) is 5.92 Å². The van der Waals surface area contributed by atoms with Gasteiger partial charge >= 0.3 is 0 Å². The Bertz CT molecular complexity index is 315. The van der Waals surface area contributed by atoms with Crippen LogP contribution in [0.2, 0.25) is 0 Å². The SMILES string of the molecule is CCCNC(=O)CCCN1C(=O)CC(C)C1=O. The molecule has 1 fully saturated rings. The van der Waals surface area contributed by atoms with E-state index in [2.05, 4.69) is 5.32 Å². The predicted octanol–water partition coefficient (Wildman–Crippen LogP) is 0.688. The van der Waals surface area contributed by atoms with Crippen molar-refractivity contribution in [1.29, 1.82) is 0 Å². The summed E-state index contributed by atoms with van der Waals surface area (Å²) in [5, 5.41) is 2.76. The molecule has 5 nitrogen and oxygen atoms in total. The number of nitrogens with zero attached hydrogens (tertiary/aromatic N) is 1. The van der Waals surface area contributed by atoms with Gasteiger partial charge in [-0.05, 0) is 12.8 Å². The summed E-state index contributed by atoms with van der Waals surface area (Å²) in [5.74, 6) is -0.434. The average molecular weight is 240 g/mol. The summed E-state index contributed by atoms with van der Waals surface area (Å²) in [6.45, 7) is 4.79. The summed E-state index contributed by atoms with van der Waals surface area (Å²) in [7, 11) is 0. The molecule has 0 aromatic rings. The highest BCUT2D eigenvalue weighted by molar-refractivity contribution is 6.03. The summed E-state index contributed by atoms with van der Waals surface area (Å²) >= 11 is 0. The third-order valence-corrected chi connectivity index (χ3v) is 2.83. The third-order valence-electron chi connectivity index (χ3n) is 2.83. The molecule has 1 heterocycles. The molecule has 96 valence electrons. The third kappa shape index (κ3) is 3.84. The van der Waals surface area contributed by atoms with Gasteiger partial charge in [0.25, 0.3) is 0 Å². The van der Waals surface area contributed by atoms with Crippen molar-refractivity contribution in [1.82, 2.24) is 10.2 Å². The maximum atomic E-state index is 11.6. The van der Waals surface area contributed by atoms with Gasteiger partial charge in [-0.25, -0.2) is 0 Å². The van der Waals surface area contributed by atoms with Crippen LogP contribution in [0.4, 0.5) is 0 Å². The van der Waals surface area contributed by atoms with Crippen LogP contribution in [0, 0.1) is 5.92 Å². The number of amides is 3. The molecule has 0 saturated carbocycles.